The molecule has 124 valence electrons. The maximum absolute atomic E-state index is 13.2. The van der Waals surface area contributed by atoms with E-state index < -0.39 is 0 Å². The minimum Gasteiger partial charge on any atom is -0.297 e. The Balaban J connectivity index is 1.77. The molecule has 4 rings (SSSR count). The van der Waals surface area contributed by atoms with Crippen LogP contribution in [-0.2, 0) is 13.1 Å². The van der Waals surface area contributed by atoms with Crippen molar-refractivity contribution in [2.75, 3.05) is 13.6 Å². The first-order chi connectivity index (χ1) is 12.1. The first kappa shape index (κ1) is 15.6. The van der Waals surface area contributed by atoms with Gasteiger partial charge in [-0.05, 0) is 43.4 Å². The molecule has 0 atom stereocenters. The quantitative estimate of drug-likeness (QED) is 0.593. The van der Waals surface area contributed by atoms with Crippen molar-refractivity contribution in [1.82, 2.24) is 14.5 Å². The molecule has 1 aliphatic heterocycles. The van der Waals surface area contributed by atoms with Gasteiger partial charge in [0.1, 0.15) is 11.6 Å². The third-order valence-electron chi connectivity index (χ3n) is 4.33. The summed E-state index contributed by atoms with van der Waals surface area (Å²) in [7, 11) is 2.01. The number of likely N-dealkylation sites (N-methyl/N-ethyl adjacent to an activating group) is 1. The van der Waals surface area contributed by atoms with Gasteiger partial charge in [-0.1, -0.05) is 17.9 Å². The molecule has 0 saturated heterocycles. The third-order valence-corrected chi connectivity index (χ3v) is 4.33. The zero-order chi connectivity index (χ0) is 17.4. The van der Waals surface area contributed by atoms with Crippen LogP contribution >= 0.6 is 0 Å². The molecule has 2 aromatic carbocycles. The summed E-state index contributed by atoms with van der Waals surface area (Å²) in [4.78, 5) is 19.4. The fraction of sp³-hybridized carbons (Fsp3) is 0.200. The lowest BCUT2D eigenvalue weighted by Crippen LogP contribution is -2.38. The highest BCUT2D eigenvalue weighted by Crippen LogP contribution is 2.14. The molecule has 0 saturated carbocycles. The maximum Gasteiger partial charge on any atom is 0.261 e. The molecular formula is C20H16FN3O. The molecule has 0 bridgehead atoms. The summed E-state index contributed by atoms with van der Waals surface area (Å²) in [6.07, 6.45) is 0. The number of halogens is 1. The standard InChI is InChI=1S/C20H16FN3O/c1-23-9-10-24-19(13-23)22-18-12-15(7-8-17(18)20(24)25)6-5-14-3-2-4-16(21)11-14/h2-4,7-8,11-12H,9-10,13H2,1H3. The first-order valence-electron chi connectivity index (χ1n) is 8.10. The van der Waals surface area contributed by atoms with Gasteiger partial charge in [-0.15, -0.1) is 0 Å². The van der Waals surface area contributed by atoms with Gasteiger partial charge in [0.2, 0.25) is 0 Å². The van der Waals surface area contributed by atoms with Gasteiger partial charge in [-0.2, -0.15) is 0 Å². The summed E-state index contributed by atoms with van der Waals surface area (Å²) in [6, 6.07) is 11.6. The van der Waals surface area contributed by atoms with Gasteiger partial charge < -0.3 is 0 Å². The Kier molecular flexibility index (Phi) is 3.83. The molecule has 0 aliphatic carbocycles. The smallest absolute Gasteiger partial charge is 0.261 e. The Labute approximate surface area is 144 Å². The Hall–Kier alpha value is -2.97. The summed E-state index contributed by atoms with van der Waals surface area (Å²) in [5.74, 6) is 6.42. The third kappa shape index (κ3) is 3.04. The summed E-state index contributed by atoms with van der Waals surface area (Å²) in [5.41, 5.74) is 2.01. The number of fused-ring (bicyclic) bond motifs is 2. The lowest BCUT2D eigenvalue weighted by atomic mass is 10.1. The molecule has 0 spiro atoms. The zero-order valence-electron chi connectivity index (χ0n) is 13.8. The van der Waals surface area contributed by atoms with Gasteiger partial charge in [0.05, 0.1) is 17.4 Å². The molecule has 25 heavy (non-hydrogen) atoms. The Morgan fingerprint density at radius 3 is 2.68 bits per heavy atom. The molecule has 0 amide bonds. The number of nitrogens with zero attached hydrogens (tertiary/aromatic N) is 3. The van der Waals surface area contributed by atoms with Crippen LogP contribution in [0.25, 0.3) is 10.9 Å². The van der Waals surface area contributed by atoms with Gasteiger partial charge in [-0.25, -0.2) is 9.37 Å². The number of rotatable bonds is 0. The van der Waals surface area contributed by atoms with E-state index in [1.807, 2.05) is 13.1 Å². The van der Waals surface area contributed by atoms with E-state index in [4.69, 9.17) is 0 Å². The van der Waals surface area contributed by atoms with Crippen molar-refractivity contribution < 1.29 is 4.39 Å². The van der Waals surface area contributed by atoms with E-state index in [0.717, 1.165) is 17.9 Å². The van der Waals surface area contributed by atoms with Crippen LogP contribution in [0.2, 0.25) is 0 Å². The van der Waals surface area contributed by atoms with Crippen molar-refractivity contribution >= 4 is 10.9 Å². The lowest BCUT2D eigenvalue weighted by molar-refractivity contribution is 0.259. The molecule has 2 heterocycles. The van der Waals surface area contributed by atoms with Crippen molar-refractivity contribution in [1.29, 1.82) is 0 Å². The predicted molar refractivity (Wildman–Crippen MR) is 94.7 cm³/mol. The predicted octanol–water partition coefficient (Wildman–Crippen LogP) is 2.38. The molecule has 0 N–H and O–H groups in total. The van der Waals surface area contributed by atoms with Crippen LogP contribution in [0.1, 0.15) is 17.0 Å². The van der Waals surface area contributed by atoms with Crippen LogP contribution in [0.4, 0.5) is 4.39 Å². The normalized spacial score (nSPS) is 14.0. The first-order valence-corrected chi connectivity index (χ1v) is 8.10. The SMILES string of the molecule is CN1CCn2c(nc3cc(C#Cc4cccc(F)c4)ccc3c2=O)C1. The van der Waals surface area contributed by atoms with Crippen LogP contribution in [0.5, 0.6) is 0 Å². The van der Waals surface area contributed by atoms with Crippen molar-refractivity contribution in [2.24, 2.45) is 0 Å². The molecule has 4 nitrogen and oxygen atoms in total. The molecule has 0 radical (unpaired) electrons. The lowest BCUT2D eigenvalue weighted by Gasteiger charge is -2.25. The average Bonchev–Trinajstić information content (AvgIpc) is 2.60. The minimum absolute atomic E-state index is 0.00209. The minimum atomic E-state index is -0.309. The van der Waals surface area contributed by atoms with E-state index >= 15 is 0 Å². The van der Waals surface area contributed by atoms with Gasteiger partial charge >= 0.3 is 0 Å². The van der Waals surface area contributed by atoms with E-state index in [2.05, 4.69) is 21.7 Å². The summed E-state index contributed by atoms with van der Waals surface area (Å²) < 4.78 is 15.0. The van der Waals surface area contributed by atoms with Crippen LogP contribution < -0.4 is 5.56 Å². The van der Waals surface area contributed by atoms with Crippen molar-refractivity contribution in [3.63, 3.8) is 0 Å². The highest BCUT2D eigenvalue weighted by molar-refractivity contribution is 5.79. The largest absolute Gasteiger partial charge is 0.297 e. The topological polar surface area (TPSA) is 38.1 Å². The second-order valence-corrected chi connectivity index (χ2v) is 6.21. The van der Waals surface area contributed by atoms with Crippen molar-refractivity contribution in [3.8, 4) is 11.8 Å². The Morgan fingerprint density at radius 2 is 1.88 bits per heavy atom. The van der Waals surface area contributed by atoms with Crippen LogP contribution in [0, 0.1) is 17.7 Å². The number of hydrogen-bond acceptors (Lipinski definition) is 3. The highest BCUT2D eigenvalue weighted by Gasteiger charge is 2.17. The summed E-state index contributed by atoms with van der Waals surface area (Å²) in [5, 5.41) is 0.601. The van der Waals surface area contributed by atoms with Crippen molar-refractivity contribution in [3.05, 3.63) is 75.6 Å². The van der Waals surface area contributed by atoms with Crippen LogP contribution in [0.15, 0.2) is 47.3 Å². The summed E-state index contributed by atoms with van der Waals surface area (Å²) in [6.45, 7) is 2.16. The van der Waals surface area contributed by atoms with E-state index in [9.17, 15) is 9.18 Å². The summed E-state index contributed by atoms with van der Waals surface area (Å²) >= 11 is 0. The molecule has 3 aromatic rings. The maximum atomic E-state index is 13.2. The van der Waals surface area contributed by atoms with E-state index in [1.165, 1.54) is 12.1 Å². The molecule has 0 unspecified atom stereocenters. The highest BCUT2D eigenvalue weighted by atomic mass is 19.1. The fourth-order valence-electron chi connectivity index (χ4n) is 3.00. The number of benzene rings is 2. The Bertz CT molecular complexity index is 1090. The van der Waals surface area contributed by atoms with Gasteiger partial charge in [0.15, 0.2) is 0 Å². The second-order valence-electron chi connectivity index (χ2n) is 6.21. The second kappa shape index (κ2) is 6.15. The van der Waals surface area contributed by atoms with Crippen molar-refractivity contribution in [2.45, 2.75) is 13.1 Å². The van der Waals surface area contributed by atoms with E-state index in [-0.39, 0.29) is 11.4 Å². The van der Waals surface area contributed by atoms with Gasteiger partial charge in [0, 0.05) is 24.2 Å². The molecular weight excluding hydrogens is 317 g/mol. The zero-order valence-corrected chi connectivity index (χ0v) is 13.8. The fourth-order valence-corrected chi connectivity index (χ4v) is 3.00. The van der Waals surface area contributed by atoms with Gasteiger partial charge in [-0.3, -0.25) is 14.3 Å². The van der Waals surface area contributed by atoms with E-state index in [0.29, 0.717) is 29.6 Å². The molecule has 1 aromatic heterocycles. The Morgan fingerprint density at radius 1 is 1.08 bits per heavy atom. The number of hydrogen-bond donors (Lipinski definition) is 0. The van der Waals surface area contributed by atoms with Crippen LogP contribution in [-0.4, -0.2) is 28.0 Å². The molecule has 5 heteroatoms. The average molecular weight is 333 g/mol. The molecule has 1 aliphatic rings. The monoisotopic (exact) mass is 333 g/mol. The molecule has 0 fully saturated rings. The van der Waals surface area contributed by atoms with Crippen LogP contribution in [0.3, 0.4) is 0 Å². The van der Waals surface area contributed by atoms with E-state index in [1.54, 1.807) is 28.8 Å². The number of aromatic nitrogens is 2. The van der Waals surface area contributed by atoms with Gasteiger partial charge in [0.25, 0.3) is 5.56 Å².